The standard InChI is InChI=1S/C25H30N4OS/c1-15-3-10-21-22(26)23(31-25(21)28-15)24(30)27-12-11-16-4-6-17(7-5-16)18-13-19-8-9-20(14-18)29(19)2/h3-7,10,18-20H,8-9,11-14,26H2,1-2H3,(H,27,30). The molecule has 3 N–H and O–H groups in total. The van der Waals surface area contributed by atoms with Crippen LogP contribution in [0, 0.1) is 6.92 Å². The van der Waals surface area contributed by atoms with Gasteiger partial charge in [0.05, 0.1) is 5.69 Å². The van der Waals surface area contributed by atoms with Gasteiger partial charge < -0.3 is 16.0 Å². The van der Waals surface area contributed by atoms with Gasteiger partial charge in [-0.3, -0.25) is 4.79 Å². The summed E-state index contributed by atoms with van der Waals surface area (Å²) in [5.74, 6) is 0.576. The molecule has 2 unspecified atom stereocenters. The van der Waals surface area contributed by atoms with Crippen molar-refractivity contribution in [3.63, 3.8) is 0 Å². The van der Waals surface area contributed by atoms with Crippen LogP contribution in [0.1, 0.15) is 58.1 Å². The zero-order chi connectivity index (χ0) is 21.5. The summed E-state index contributed by atoms with van der Waals surface area (Å²) in [5, 5.41) is 3.88. The van der Waals surface area contributed by atoms with Crippen LogP contribution in [0.2, 0.25) is 0 Å². The van der Waals surface area contributed by atoms with Gasteiger partial charge in [-0.15, -0.1) is 11.3 Å². The molecular formula is C25H30N4OS. The van der Waals surface area contributed by atoms with Gasteiger partial charge in [0.2, 0.25) is 0 Å². The van der Waals surface area contributed by atoms with Crippen molar-refractivity contribution in [3.8, 4) is 0 Å². The van der Waals surface area contributed by atoms with Crippen LogP contribution in [0.15, 0.2) is 36.4 Å². The van der Waals surface area contributed by atoms with Crippen molar-refractivity contribution < 1.29 is 4.79 Å². The van der Waals surface area contributed by atoms with E-state index >= 15 is 0 Å². The number of hydrogen-bond acceptors (Lipinski definition) is 5. The van der Waals surface area contributed by atoms with E-state index in [9.17, 15) is 4.79 Å². The molecule has 1 amide bonds. The highest BCUT2D eigenvalue weighted by Crippen LogP contribution is 2.42. The van der Waals surface area contributed by atoms with E-state index in [-0.39, 0.29) is 5.91 Å². The zero-order valence-electron chi connectivity index (χ0n) is 18.2. The van der Waals surface area contributed by atoms with Crippen LogP contribution in [0.3, 0.4) is 0 Å². The van der Waals surface area contributed by atoms with Crippen LogP contribution in [0.25, 0.3) is 10.2 Å². The molecule has 0 saturated carbocycles. The third-order valence-electron chi connectivity index (χ3n) is 7.19. The monoisotopic (exact) mass is 434 g/mol. The first kappa shape index (κ1) is 20.5. The van der Waals surface area contributed by atoms with E-state index in [4.69, 9.17) is 5.73 Å². The number of nitrogens with two attached hydrogens (primary N) is 1. The normalized spacial score (nSPS) is 23.4. The second kappa shape index (κ2) is 8.24. The first-order valence-electron chi connectivity index (χ1n) is 11.2. The van der Waals surface area contributed by atoms with Gasteiger partial charge in [0.25, 0.3) is 5.91 Å². The lowest BCUT2D eigenvalue weighted by Crippen LogP contribution is -2.39. The Kier molecular flexibility index (Phi) is 5.44. The summed E-state index contributed by atoms with van der Waals surface area (Å²) in [6.45, 7) is 2.54. The van der Waals surface area contributed by atoms with Crippen LogP contribution < -0.4 is 11.1 Å². The molecule has 6 heteroatoms. The quantitative estimate of drug-likeness (QED) is 0.620. The van der Waals surface area contributed by atoms with E-state index in [0.717, 1.165) is 34.4 Å². The molecule has 2 saturated heterocycles. The molecule has 3 aromatic rings. The van der Waals surface area contributed by atoms with E-state index < -0.39 is 0 Å². The molecule has 2 fully saturated rings. The van der Waals surface area contributed by atoms with Gasteiger partial charge in [-0.2, -0.15) is 0 Å². The van der Waals surface area contributed by atoms with E-state index in [2.05, 4.69) is 46.5 Å². The first-order valence-corrected chi connectivity index (χ1v) is 12.1. The number of fused-ring (bicyclic) bond motifs is 3. The van der Waals surface area contributed by atoms with E-state index in [1.54, 1.807) is 0 Å². The molecule has 2 atom stereocenters. The number of aromatic nitrogens is 1. The lowest BCUT2D eigenvalue weighted by atomic mass is 9.85. The number of rotatable bonds is 5. The highest BCUT2D eigenvalue weighted by Gasteiger charge is 2.38. The molecule has 0 radical (unpaired) electrons. The number of nitrogens with one attached hydrogen (secondary N) is 1. The minimum absolute atomic E-state index is 0.114. The fourth-order valence-corrected chi connectivity index (χ4v) is 6.35. The number of amides is 1. The maximum atomic E-state index is 12.7. The number of thiophene rings is 1. The van der Waals surface area contributed by atoms with E-state index in [0.29, 0.717) is 23.0 Å². The summed E-state index contributed by atoms with van der Waals surface area (Å²) in [6, 6.07) is 14.4. The average Bonchev–Trinajstić information content (AvgIpc) is 3.17. The van der Waals surface area contributed by atoms with Gasteiger partial charge in [-0.25, -0.2) is 4.98 Å². The van der Waals surface area contributed by atoms with Crippen molar-refractivity contribution in [2.24, 2.45) is 0 Å². The van der Waals surface area contributed by atoms with Crippen LogP contribution >= 0.6 is 11.3 Å². The van der Waals surface area contributed by atoms with Gasteiger partial charge in [-0.1, -0.05) is 24.3 Å². The highest BCUT2D eigenvalue weighted by molar-refractivity contribution is 7.21. The summed E-state index contributed by atoms with van der Waals surface area (Å²) < 4.78 is 0. The van der Waals surface area contributed by atoms with Gasteiger partial charge >= 0.3 is 0 Å². The smallest absolute Gasteiger partial charge is 0.263 e. The topological polar surface area (TPSA) is 71.2 Å². The van der Waals surface area contributed by atoms with Gasteiger partial charge in [0.1, 0.15) is 9.71 Å². The van der Waals surface area contributed by atoms with E-state index in [1.165, 1.54) is 48.1 Å². The number of hydrogen-bond donors (Lipinski definition) is 2. The lowest BCUT2D eigenvalue weighted by molar-refractivity contribution is 0.0959. The van der Waals surface area contributed by atoms with Gasteiger partial charge in [0, 0.05) is 29.7 Å². The largest absolute Gasteiger partial charge is 0.397 e. The third kappa shape index (κ3) is 3.94. The Balaban J connectivity index is 1.17. The number of piperidine rings is 1. The fraction of sp³-hybridized carbons (Fsp3) is 0.440. The summed E-state index contributed by atoms with van der Waals surface area (Å²) >= 11 is 1.36. The maximum Gasteiger partial charge on any atom is 0.263 e. The van der Waals surface area contributed by atoms with Crippen LogP contribution in [-0.4, -0.2) is 41.5 Å². The predicted octanol–water partition coefficient (Wildman–Crippen LogP) is 4.50. The molecule has 2 aromatic heterocycles. The Bertz CT molecular complexity index is 1090. The summed E-state index contributed by atoms with van der Waals surface area (Å²) in [7, 11) is 2.29. The molecule has 2 aliphatic heterocycles. The number of pyridine rings is 1. The number of carbonyl (C=O) groups is 1. The Morgan fingerprint density at radius 2 is 1.87 bits per heavy atom. The van der Waals surface area contributed by atoms with Gasteiger partial charge in [0.15, 0.2) is 0 Å². The second-order valence-corrected chi connectivity index (χ2v) is 10.1. The minimum Gasteiger partial charge on any atom is -0.397 e. The summed E-state index contributed by atoms with van der Waals surface area (Å²) in [4.78, 5) is 21.1. The number of nitrogen functional groups attached to an aromatic ring is 1. The number of benzene rings is 1. The lowest BCUT2D eigenvalue weighted by Gasteiger charge is -2.36. The summed E-state index contributed by atoms with van der Waals surface area (Å²) in [5.41, 5.74) is 10.4. The SMILES string of the molecule is Cc1ccc2c(N)c(C(=O)NCCc3ccc(C4CC5CCC(C4)N5C)cc3)sc2n1. The Morgan fingerprint density at radius 1 is 1.16 bits per heavy atom. The molecule has 2 aliphatic rings. The highest BCUT2D eigenvalue weighted by atomic mass is 32.1. The molecule has 5 nitrogen and oxygen atoms in total. The second-order valence-electron chi connectivity index (χ2n) is 9.12. The number of nitrogens with zero attached hydrogens (tertiary/aromatic N) is 2. The van der Waals surface area contributed by atoms with Crippen molar-refractivity contribution in [1.82, 2.24) is 15.2 Å². The summed E-state index contributed by atoms with van der Waals surface area (Å²) in [6.07, 6.45) is 6.10. The molecule has 162 valence electrons. The molecule has 0 aliphatic carbocycles. The van der Waals surface area contributed by atoms with Crippen LogP contribution in [0.5, 0.6) is 0 Å². The molecule has 4 heterocycles. The molecule has 2 bridgehead atoms. The van der Waals surface area contributed by atoms with Crippen molar-refractivity contribution in [2.45, 2.75) is 57.0 Å². The average molecular weight is 435 g/mol. The fourth-order valence-electron chi connectivity index (χ4n) is 5.30. The zero-order valence-corrected chi connectivity index (χ0v) is 19.0. The number of anilines is 1. The minimum atomic E-state index is -0.114. The van der Waals surface area contributed by atoms with Crippen molar-refractivity contribution >= 4 is 33.1 Å². The van der Waals surface area contributed by atoms with E-state index in [1.807, 2.05) is 19.1 Å². The van der Waals surface area contributed by atoms with Crippen molar-refractivity contribution in [1.29, 1.82) is 0 Å². The number of carbonyl (C=O) groups excluding carboxylic acids is 1. The Morgan fingerprint density at radius 3 is 2.58 bits per heavy atom. The number of aryl methyl sites for hydroxylation is 1. The molecule has 0 spiro atoms. The van der Waals surface area contributed by atoms with Crippen molar-refractivity contribution in [2.75, 3.05) is 19.3 Å². The van der Waals surface area contributed by atoms with Gasteiger partial charge in [-0.05, 0) is 75.3 Å². The first-order chi connectivity index (χ1) is 15.0. The predicted molar refractivity (Wildman–Crippen MR) is 128 cm³/mol. The Labute approximate surface area is 187 Å². The van der Waals surface area contributed by atoms with Crippen LogP contribution in [-0.2, 0) is 6.42 Å². The maximum absolute atomic E-state index is 12.7. The molecule has 1 aromatic carbocycles. The molecular weight excluding hydrogens is 404 g/mol. The Hall–Kier alpha value is -2.44. The molecule has 5 rings (SSSR count). The molecule has 31 heavy (non-hydrogen) atoms. The van der Waals surface area contributed by atoms with Crippen molar-refractivity contribution in [3.05, 3.63) is 58.1 Å². The van der Waals surface area contributed by atoms with Crippen LogP contribution in [0.4, 0.5) is 5.69 Å². The third-order valence-corrected chi connectivity index (χ3v) is 8.30.